The number of rotatable bonds is 4. The number of thiocarbonyl (C=S) groups is 1. The molecule has 0 N–H and O–H groups in total. The third-order valence-corrected chi connectivity index (χ3v) is 2.13. The van der Waals surface area contributed by atoms with E-state index in [1.165, 1.54) is 0 Å². The molecule has 2 atom stereocenters. The fraction of sp³-hybridized carbons (Fsp3) is 0.818. The zero-order valence-electron chi connectivity index (χ0n) is 10.0. The summed E-state index contributed by atoms with van der Waals surface area (Å²) < 4.78 is 5.26. The van der Waals surface area contributed by atoms with Crippen LogP contribution in [0.3, 0.4) is 0 Å². The molecule has 86 valence electrons. The van der Waals surface area contributed by atoms with Crippen molar-refractivity contribution in [3.05, 3.63) is 0 Å². The van der Waals surface area contributed by atoms with E-state index in [1.54, 1.807) is 0 Å². The highest BCUT2D eigenvalue weighted by Gasteiger charge is 2.28. The molecule has 15 heavy (non-hydrogen) atoms. The zero-order valence-corrected chi connectivity index (χ0v) is 10.9. The van der Waals surface area contributed by atoms with Crippen molar-refractivity contribution >= 4 is 23.3 Å². The molecule has 4 heteroatoms. The molecule has 0 aliphatic carbocycles. The van der Waals surface area contributed by atoms with Gasteiger partial charge in [0.25, 0.3) is 0 Å². The molecule has 0 amide bonds. The Labute approximate surface area is 96.9 Å². The van der Waals surface area contributed by atoms with Crippen molar-refractivity contribution in [1.29, 1.82) is 0 Å². The Balaban J connectivity index is 4.64. The molecule has 0 aliphatic rings. The Morgan fingerprint density at radius 2 is 2.07 bits per heavy atom. The van der Waals surface area contributed by atoms with Crippen LogP contribution in [-0.4, -0.2) is 22.8 Å². The van der Waals surface area contributed by atoms with Gasteiger partial charge in [0, 0.05) is 0 Å². The molecule has 0 rings (SSSR count). The summed E-state index contributed by atoms with van der Waals surface area (Å²) in [6.07, 6.45) is 0.852. The predicted molar refractivity (Wildman–Crippen MR) is 64.1 cm³/mol. The van der Waals surface area contributed by atoms with Crippen LogP contribution in [0.2, 0.25) is 0 Å². The minimum atomic E-state index is -0.522. The number of ether oxygens (including phenoxy) is 1. The van der Waals surface area contributed by atoms with Crippen LogP contribution in [0.5, 0.6) is 0 Å². The number of carbonyl (C=O) groups is 1. The van der Waals surface area contributed by atoms with Gasteiger partial charge in [-0.2, -0.15) is 0 Å². The van der Waals surface area contributed by atoms with Gasteiger partial charge in [0.1, 0.15) is 5.60 Å². The molecule has 0 aromatic carbocycles. The topological polar surface area (TPSA) is 38.7 Å². The lowest BCUT2D eigenvalue weighted by molar-refractivity contribution is -0.157. The van der Waals surface area contributed by atoms with Crippen molar-refractivity contribution < 1.29 is 9.53 Å². The van der Waals surface area contributed by atoms with Crippen molar-refractivity contribution in [3.8, 4) is 0 Å². The van der Waals surface area contributed by atoms with Gasteiger partial charge in [0.2, 0.25) is 0 Å². The minimum Gasteiger partial charge on any atom is -0.458 e. The van der Waals surface area contributed by atoms with Gasteiger partial charge in [-0.15, -0.1) is 0 Å². The zero-order chi connectivity index (χ0) is 12.1. The molecule has 0 bridgehead atoms. The maximum atomic E-state index is 11.7. The first-order valence-electron chi connectivity index (χ1n) is 5.11. The summed E-state index contributed by atoms with van der Waals surface area (Å²) in [5, 5.41) is 2.26. The molecule has 0 radical (unpaired) electrons. The Morgan fingerprint density at radius 3 is 2.40 bits per heavy atom. The fourth-order valence-corrected chi connectivity index (χ4v) is 1.17. The summed E-state index contributed by atoms with van der Waals surface area (Å²) >= 11 is 4.53. The first-order chi connectivity index (χ1) is 6.81. The molecule has 0 aliphatic heterocycles. The number of aliphatic imine (C=N–C) groups is 1. The van der Waals surface area contributed by atoms with Crippen molar-refractivity contribution in [2.24, 2.45) is 10.9 Å². The molecular weight excluding hydrogens is 210 g/mol. The van der Waals surface area contributed by atoms with Crippen LogP contribution >= 0.6 is 12.2 Å². The minimum absolute atomic E-state index is 0.121. The van der Waals surface area contributed by atoms with E-state index >= 15 is 0 Å². The monoisotopic (exact) mass is 229 g/mol. The van der Waals surface area contributed by atoms with Crippen molar-refractivity contribution in [2.45, 2.75) is 52.7 Å². The van der Waals surface area contributed by atoms with Gasteiger partial charge in [-0.1, -0.05) is 20.3 Å². The van der Waals surface area contributed by atoms with E-state index in [0.717, 1.165) is 6.42 Å². The highest BCUT2D eigenvalue weighted by molar-refractivity contribution is 7.78. The second kappa shape index (κ2) is 5.99. The molecule has 0 fully saturated rings. The smallest absolute Gasteiger partial charge is 0.332 e. The molecule has 0 saturated carbocycles. The SMILES string of the molecule is CC[C@H](C)[C@H](N=C=S)C(=O)OC(C)(C)C. The highest BCUT2D eigenvalue weighted by Crippen LogP contribution is 2.16. The van der Waals surface area contributed by atoms with E-state index in [-0.39, 0.29) is 11.9 Å². The van der Waals surface area contributed by atoms with Gasteiger partial charge in [-0.3, -0.25) is 0 Å². The Bertz CT molecular complexity index is 264. The van der Waals surface area contributed by atoms with Crippen LogP contribution in [-0.2, 0) is 9.53 Å². The lowest BCUT2D eigenvalue weighted by Gasteiger charge is -2.24. The van der Waals surface area contributed by atoms with E-state index < -0.39 is 11.6 Å². The van der Waals surface area contributed by atoms with Crippen LogP contribution < -0.4 is 0 Å². The first kappa shape index (κ1) is 14.3. The van der Waals surface area contributed by atoms with Gasteiger partial charge in [0.05, 0.1) is 5.16 Å². The summed E-state index contributed by atoms with van der Waals surface area (Å²) in [6.45, 7) is 9.45. The van der Waals surface area contributed by atoms with Crippen molar-refractivity contribution in [1.82, 2.24) is 0 Å². The van der Waals surface area contributed by atoms with Crippen molar-refractivity contribution in [2.75, 3.05) is 0 Å². The van der Waals surface area contributed by atoms with E-state index in [1.807, 2.05) is 34.6 Å². The van der Waals surface area contributed by atoms with E-state index in [0.29, 0.717) is 0 Å². The third kappa shape index (κ3) is 5.65. The van der Waals surface area contributed by atoms with Gasteiger partial charge >= 0.3 is 5.97 Å². The normalized spacial score (nSPS) is 15.0. The second-order valence-corrected chi connectivity index (χ2v) is 4.77. The largest absolute Gasteiger partial charge is 0.458 e. The third-order valence-electron chi connectivity index (χ3n) is 2.02. The Hall–Kier alpha value is -0.730. The molecule has 3 nitrogen and oxygen atoms in total. The Kier molecular flexibility index (Phi) is 5.69. The average molecular weight is 229 g/mol. The van der Waals surface area contributed by atoms with E-state index in [9.17, 15) is 4.79 Å². The van der Waals surface area contributed by atoms with Gasteiger partial charge < -0.3 is 4.74 Å². The average Bonchev–Trinajstić information content (AvgIpc) is 2.10. The molecule has 0 aromatic heterocycles. The van der Waals surface area contributed by atoms with Crippen LogP contribution in [0, 0.1) is 5.92 Å². The molecule has 0 unspecified atom stereocenters. The maximum Gasteiger partial charge on any atom is 0.332 e. The van der Waals surface area contributed by atoms with Crippen LogP contribution in [0.1, 0.15) is 41.0 Å². The summed E-state index contributed by atoms with van der Waals surface area (Å²) in [5.74, 6) is -0.204. The van der Waals surface area contributed by atoms with E-state index in [2.05, 4.69) is 22.4 Å². The summed E-state index contributed by atoms with van der Waals surface area (Å²) in [6, 6.07) is -0.522. The van der Waals surface area contributed by atoms with E-state index in [4.69, 9.17) is 4.74 Å². The van der Waals surface area contributed by atoms with Crippen LogP contribution in [0.4, 0.5) is 0 Å². The molecular formula is C11H19NO2S. The van der Waals surface area contributed by atoms with Gasteiger partial charge in [0.15, 0.2) is 6.04 Å². The number of hydrogen-bond donors (Lipinski definition) is 0. The fourth-order valence-electron chi connectivity index (χ4n) is 1.05. The Morgan fingerprint density at radius 1 is 1.53 bits per heavy atom. The second-order valence-electron chi connectivity index (χ2n) is 4.58. The molecule has 0 saturated heterocycles. The molecule has 0 heterocycles. The number of hydrogen-bond acceptors (Lipinski definition) is 4. The maximum absolute atomic E-state index is 11.7. The number of esters is 1. The first-order valence-corrected chi connectivity index (χ1v) is 5.52. The summed E-state index contributed by atoms with van der Waals surface area (Å²) in [5.41, 5.74) is -0.486. The number of carbonyl (C=O) groups excluding carboxylic acids is 1. The van der Waals surface area contributed by atoms with Crippen LogP contribution in [0.15, 0.2) is 4.99 Å². The molecule has 0 aromatic rings. The summed E-state index contributed by atoms with van der Waals surface area (Å²) in [4.78, 5) is 15.6. The van der Waals surface area contributed by atoms with Crippen LogP contribution in [0.25, 0.3) is 0 Å². The lowest BCUT2D eigenvalue weighted by atomic mass is 10.00. The van der Waals surface area contributed by atoms with Gasteiger partial charge in [-0.05, 0) is 38.9 Å². The van der Waals surface area contributed by atoms with Crippen molar-refractivity contribution in [3.63, 3.8) is 0 Å². The predicted octanol–water partition coefficient (Wildman–Crippen LogP) is 2.85. The highest BCUT2D eigenvalue weighted by atomic mass is 32.1. The summed E-state index contributed by atoms with van der Waals surface area (Å²) in [7, 11) is 0. The molecule has 0 spiro atoms. The quantitative estimate of drug-likeness (QED) is 0.423. The van der Waals surface area contributed by atoms with Gasteiger partial charge in [-0.25, -0.2) is 9.79 Å². The number of isothiocyanates is 1. The number of nitrogens with zero attached hydrogens (tertiary/aromatic N) is 1. The lowest BCUT2D eigenvalue weighted by Crippen LogP contribution is -2.34. The standard InChI is InChI=1S/C11H19NO2S/c1-6-8(2)9(12-7-15)10(13)14-11(3,4)5/h8-9H,6H2,1-5H3/t8-,9-/m0/s1.